The molecule has 1 aliphatic rings. The van der Waals surface area contributed by atoms with E-state index in [9.17, 15) is 9.59 Å². The fourth-order valence-corrected chi connectivity index (χ4v) is 4.61. The lowest BCUT2D eigenvalue weighted by Gasteiger charge is -2.32. The molecule has 5 rings (SSSR count). The van der Waals surface area contributed by atoms with Crippen molar-refractivity contribution in [2.45, 2.75) is 20.0 Å². The van der Waals surface area contributed by atoms with Crippen LogP contribution in [0.3, 0.4) is 0 Å². The van der Waals surface area contributed by atoms with Crippen LogP contribution in [0.25, 0.3) is 11.2 Å². The van der Waals surface area contributed by atoms with E-state index in [1.807, 2.05) is 34.9 Å². The van der Waals surface area contributed by atoms with Gasteiger partial charge in [0, 0.05) is 25.8 Å². The van der Waals surface area contributed by atoms with Crippen molar-refractivity contribution in [3.8, 4) is 0 Å². The SMILES string of the molecule is C[C@@H]1CN(c2ccccc2)c2nc3c(c(=O)n(Cc4ccc(Cl)c(Cl)c4)c(=O)n3C)n2C1. The number of aryl methyl sites for hydroxylation is 1. The molecule has 1 aliphatic heterocycles. The summed E-state index contributed by atoms with van der Waals surface area (Å²) in [5.74, 6) is 0.962. The van der Waals surface area contributed by atoms with Gasteiger partial charge in [-0.1, -0.05) is 54.4 Å². The normalized spacial score (nSPS) is 15.9. The molecule has 3 heterocycles. The van der Waals surface area contributed by atoms with Crippen LogP contribution in [-0.4, -0.2) is 25.2 Å². The van der Waals surface area contributed by atoms with Gasteiger partial charge in [-0.15, -0.1) is 0 Å². The third-order valence-electron chi connectivity index (χ3n) is 5.83. The molecule has 7 nitrogen and oxygen atoms in total. The molecule has 2 aromatic carbocycles. The molecule has 0 spiro atoms. The Kier molecular flexibility index (Phi) is 5.10. The lowest BCUT2D eigenvalue weighted by atomic mass is 10.1. The Bertz CT molecular complexity index is 1460. The van der Waals surface area contributed by atoms with Crippen LogP contribution in [0.4, 0.5) is 11.6 Å². The number of aromatic nitrogens is 4. The summed E-state index contributed by atoms with van der Waals surface area (Å²) in [6.07, 6.45) is 0. The van der Waals surface area contributed by atoms with Crippen LogP contribution in [0.2, 0.25) is 10.0 Å². The number of hydrogen-bond donors (Lipinski definition) is 0. The van der Waals surface area contributed by atoms with Gasteiger partial charge in [-0.3, -0.25) is 13.9 Å². The van der Waals surface area contributed by atoms with Gasteiger partial charge in [0.25, 0.3) is 5.56 Å². The number of hydrogen-bond acceptors (Lipinski definition) is 4. The molecule has 0 unspecified atom stereocenters. The molecule has 0 aliphatic carbocycles. The summed E-state index contributed by atoms with van der Waals surface area (Å²) in [7, 11) is 1.64. The molecule has 9 heteroatoms. The largest absolute Gasteiger partial charge is 0.332 e. The lowest BCUT2D eigenvalue weighted by molar-refractivity contribution is 0.458. The van der Waals surface area contributed by atoms with Crippen molar-refractivity contribution in [3.05, 3.63) is 85.0 Å². The monoisotopic (exact) mass is 469 g/mol. The molecule has 2 aromatic heterocycles. The highest BCUT2D eigenvalue weighted by Crippen LogP contribution is 2.32. The summed E-state index contributed by atoms with van der Waals surface area (Å²) in [6.45, 7) is 3.66. The van der Waals surface area contributed by atoms with Gasteiger partial charge in [0.2, 0.25) is 5.95 Å². The van der Waals surface area contributed by atoms with Crippen LogP contribution in [-0.2, 0) is 20.1 Å². The van der Waals surface area contributed by atoms with Crippen molar-refractivity contribution in [1.29, 1.82) is 0 Å². The van der Waals surface area contributed by atoms with E-state index < -0.39 is 5.69 Å². The van der Waals surface area contributed by atoms with E-state index in [2.05, 4.69) is 11.8 Å². The van der Waals surface area contributed by atoms with Gasteiger partial charge in [-0.25, -0.2) is 4.79 Å². The van der Waals surface area contributed by atoms with Crippen molar-refractivity contribution in [1.82, 2.24) is 18.7 Å². The number of rotatable bonds is 3. The van der Waals surface area contributed by atoms with E-state index >= 15 is 0 Å². The van der Waals surface area contributed by atoms with Crippen molar-refractivity contribution < 1.29 is 0 Å². The Morgan fingerprint density at radius 2 is 1.78 bits per heavy atom. The molecule has 32 heavy (non-hydrogen) atoms. The quantitative estimate of drug-likeness (QED) is 0.454. The third-order valence-corrected chi connectivity index (χ3v) is 6.57. The molecule has 164 valence electrons. The first-order valence-corrected chi connectivity index (χ1v) is 11.1. The smallest absolute Gasteiger partial charge is 0.312 e. The zero-order chi connectivity index (χ0) is 22.6. The Balaban J connectivity index is 1.71. The van der Waals surface area contributed by atoms with Crippen LogP contribution in [0.1, 0.15) is 12.5 Å². The van der Waals surface area contributed by atoms with Gasteiger partial charge in [0.05, 0.1) is 16.6 Å². The maximum Gasteiger partial charge on any atom is 0.332 e. The Morgan fingerprint density at radius 1 is 1.03 bits per heavy atom. The van der Waals surface area contributed by atoms with Crippen molar-refractivity contribution >= 4 is 46.0 Å². The Hall–Kier alpha value is -3.03. The van der Waals surface area contributed by atoms with Crippen molar-refractivity contribution in [2.75, 3.05) is 11.4 Å². The summed E-state index contributed by atoms with van der Waals surface area (Å²) < 4.78 is 4.60. The summed E-state index contributed by atoms with van der Waals surface area (Å²) >= 11 is 12.1. The molecule has 0 radical (unpaired) electrons. The summed E-state index contributed by atoms with van der Waals surface area (Å²) in [6, 6.07) is 15.0. The van der Waals surface area contributed by atoms with Crippen LogP contribution in [0.5, 0.6) is 0 Å². The first kappa shape index (κ1) is 20.8. The van der Waals surface area contributed by atoms with E-state index in [0.717, 1.165) is 17.8 Å². The minimum absolute atomic E-state index is 0.0940. The van der Waals surface area contributed by atoms with Gasteiger partial charge in [0.15, 0.2) is 11.2 Å². The van der Waals surface area contributed by atoms with Crippen LogP contribution >= 0.6 is 23.2 Å². The number of nitrogens with zero attached hydrogens (tertiary/aromatic N) is 5. The molecule has 0 bridgehead atoms. The Labute approximate surface area is 194 Å². The third kappa shape index (κ3) is 3.32. The standard InChI is InChI=1S/C23H21Cl2N5O2/c1-14-11-28(16-6-4-3-5-7-16)22-26-20-19(29(22)12-14)21(31)30(23(32)27(20)2)13-15-8-9-17(24)18(25)10-15/h3-10,14H,11-13H2,1-2H3/t14-/m1/s1. The van der Waals surface area contributed by atoms with Crippen molar-refractivity contribution in [2.24, 2.45) is 13.0 Å². The summed E-state index contributed by atoms with van der Waals surface area (Å²) in [5.41, 5.74) is 1.73. The molecular formula is C23H21Cl2N5O2. The summed E-state index contributed by atoms with van der Waals surface area (Å²) in [5, 5.41) is 0.801. The van der Waals surface area contributed by atoms with Gasteiger partial charge in [-0.2, -0.15) is 4.98 Å². The average molecular weight is 470 g/mol. The number of benzene rings is 2. The highest BCUT2D eigenvalue weighted by Gasteiger charge is 2.29. The van der Waals surface area contributed by atoms with E-state index in [4.69, 9.17) is 28.2 Å². The van der Waals surface area contributed by atoms with E-state index in [0.29, 0.717) is 39.6 Å². The van der Waals surface area contributed by atoms with Gasteiger partial charge >= 0.3 is 5.69 Å². The number of para-hydroxylation sites is 1. The van der Waals surface area contributed by atoms with Gasteiger partial charge in [-0.05, 0) is 35.7 Å². The van der Waals surface area contributed by atoms with E-state index in [-0.39, 0.29) is 12.1 Å². The predicted molar refractivity (Wildman–Crippen MR) is 127 cm³/mol. The molecular weight excluding hydrogens is 449 g/mol. The second kappa shape index (κ2) is 7.83. The number of anilines is 2. The zero-order valence-electron chi connectivity index (χ0n) is 17.6. The van der Waals surface area contributed by atoms with Gasteiger partial charge < -0.3 is 9.47 Å². The molecule has 0 fully saturated rings. The first-order chi connectivity index (χ1) is 15.3. The van der Waals surface area contributed by atoms with E-state index in [1.165, 1.54) is 9.13 Å². The molecule has 0 amide bonds. The topological polar surface area (TPSA) is 65.1 Å². The maximum absolute atomic E-state index is 13.6. The van der Waals surface area contributed by atoms with Crippen LogP contribution < -0.4 is 16.1 Å². The second-order valence-corrected chi connectivity index (χ2v) is 9.04. The fourth-order valence-electron chi connectivity index (χ4n) is 4.29. The molecule has 1 atom stereocenters. The number of imidazole rings is 1. The molecule has 0 saturated carbocycles. The zero-order valence-corrected chi connectivity index (χ0v) is 19.1. The van der Waals surface area contributed by atoms with Gasteiger partial charge in [0.1, 0.15) is 0 Å². The summed E-state index contributed by atoms with van der Waals surface area (Å²) in [4.78, 5) is 33.5. The van der Waals surface area contributed by atoms with Crippen molar-refractivity contribution in [3.63, 3.8) is 0 Å². The minimum Gasteiger partial charge on any atom is -0.312 e. The first-order valence-electron chi connectivity index (χ1n) is 10.3. The van der Waals surface area contributed by atoms with E-state index in [1.54, 1.807) is 25.2 Å². The maximum atomic E-state index is 13.6. The molecule has 0 saturated heterocycles. The van der Waals surface area contributed by atoms with Crippen LogP contribution in [0.15, 0.2) is 58.1 Å². The number of halogens is 2. The average Bonchev–Trinajstić information content (AvgIpc) is 3.17. The Morgan fingerprint density at radius 3 is 2.50 bits per heavy atom. The predicted octanol–water partition coefficient (Wildman–Crippen LogP) is 4.04. The second-order valence-electron chi connectivity index (χ2n) is 8.23. The molecule has 4 aromatic rings. The highest BCUT2D eigenvalue weighted by molar-refractivity contribution is 6.42. The van der Waals surface area contributed by atoms with Crippen LogP contribution in [0, 0.1) is 5.92 Å². The molecule has 0 N–H and O–H groups in total. The fraction of sp³-hybridized carbons (Fsp3) is 0.261. The highest BCUT2D eigenvalue weighted by atomic mass is 35.5. The lowest BCUT2D eigenvalue weighted by Crippen LogP contribution is -2.40. The number of fused-ring (bicyclic) bond motifs is 3. The minimum atomic E-state index is -0.427.